The lowest BCUT2D eigenvalue weighted by Gasteiger charge is -2.19. The molecule has 2 rings (SSSR count). The number of nitrogens with one attached hydrogen (secondary N) is 1. The van der Waals surface area contributed by atoms with Crippen molar-refractivity contribution in [2.45, 2.75) is 37.5 Å². The van der Waals surface area contributed by atoms with Gasteiger partial charge in [0.2, 0.25) is 0 Å². The summed E-state index contributed by atoms with van der Waals surface area (Å²) >= 11 is 0. The molecule has 0 amide bonds. The lowest BCUT2D eigenvalue weighted by atomic mass is 10.1. The van der Waals surface area contributed by atoms with Gasteiger partial charge in [0.05, 0.1) is 4.92 Å². The summed E-state index contributed by atoms with van der Waals surface area (Å²) in [7, 11) is 0. The Balaban J connectivity index is 2.34. The molecule has 1 aromatic rings. The number of nitrogens with zero attached hydrogens (tertiary/aromatic N) is 2. The molecule has 20 heavy (non-hydrogen) atoms. The number of anilines is 1. The third-order valence-electron chi connectivity index (χ3n) is 3.28. The number of nitro groups is 1. The van der Waals surface area contributed by atoms with Gasteiger partial charge < -0.3 is 11.1 Å². The van der Waals surface area contributed by atoms with Crippen LogP contribution in [0.5, 0.6) is 0 Å². The number of pyridine rings is 1. The molecule has 1 aromatic heterocycles. The maximum atomic E-state index is 12.6. The summed E-state index contributed by atoms with van der Waals surface area (Å²) in [5.74, 6) is 0. The molecule has 0 aliphatic heterocycles. The first kappa shape index (κ1) is 14.5. The molecule has 9 heteroatoms. The lowest BCUT2D eigenvalue weighted by molar-refractivity contribution is -0.384. The van der Waals surface area contributed by atoms with Crippen LogP contribution >= 0.6 is 0 Å². The van der Waals surface area contributed by atoms with Crippen LogP contribution in [-0.2, 0) is 6.18 Å². The van der Waals surface area contributed by atoms with Crippen LogP contribution in [0.4, 0.5) is 24.5 Å². The third kappa shape index (κ3) is 2.98. The first-order chi connectivity index (χ1) is 9.29. The first-order valence-corrected chi connectivity index (χ1v) is 6.03. The molecule has 1 aliphatic rings. The van der Waals surface area contributed by atoms with Crippen LogP contribution < -0.4 is 11.1 Å². The third-order valence-corrected chi connectivity index (χ3v) is 3.28. The minimum absolute atomic E-state index is 0.195. The van der Waals surface area contributed by atoms with Crippen molar-refractivity contribution in [3.63, 3.8) is 0 Å². The second-order valence-electron chi connectivity index (χ2n) is 4.69. The molecule has 0 radical (unpaired) electrons. The zero-order chi connectivity index (χ0) is 14.9. The van der Waals surface area contributed by atoms with Crippen LogP contribution in [0.3, 0.4) is 0 Å². The maximum Gasteiger partial charge on any atom is 0.433 e. The predicted octanol–water partition coefficient (Wildman–Crippen LogP) is 2.30. The fraction of sp³-hybridized carbons (Fsp3) is 0.545. The summed E-state index contributed by atoms with van der Waals surface area (Å²) < 4.78 is 37.8. The van der Waals surface area contributed by atoms with Crippen LogP contribution in [0.2, 0.25) is 0 Å². The Morgan fingerprint density at radius 1 is 1.45 bits per heavy atom. The fourth-order valence-corrected chi connectivity index (χ4v) is 2.23. The highest BCUT2D eigenvalue weighted by Crippen LogP contribution is 2.34. The normalized spacial score (nSPS) is 22.8. The SMILES string of the molecule is NC1CCCC1Nc1cc(C(F)(F)F)ncc1[N+](=O)[O-]. The number of alkyl halides is 3. The van der Waals surface area contributed by atoms with Gasteiger partial charge in [0.15, 0.2) is 0 Å². The number of aromatic nitrogens is 1. The van der Waals surface area contributed by atoms with Crippen molar-refractivity contribution in [2.75, 3.05) is 5.32 Å². The Morgan fingerprint density at radius 3 is 2.65 bits per heavy atom. The van der Waals surface area contributed by atoms with E-state index in [9.17, 15) is 23.3 Å². The van der Waals surface area contributed by atoms with Gasteiger partial charge in [-0.25, -0.2) is 4.98 Å². The van der Waals surface area contributed by atoms with Gasteiger partial charge in [0.25, 0.3) is 0 Å². The molecule has 1 saturated carbocycles. The number of nitrogens with two attached hydrogens (primary N) is 1. The van der Waals surface area contributed by atoms with Crippen molar-refractivity contribution in [1.82, 2.24) is 4.98 Å². The molecule has 110 valence electrons. The Morgan fingerprint density at radius 2 is 2.15 bits per heavy atom. The van der Waals surface area contributed by atoms with Crippen LogP contribution in [0.25, 0.3) is 0 Å². The van der Waals surface area contributed by atoms with Gasteiger partial charge in [-0.1, -0.05) is 0 Å². The van der Waals surface area contributed by atoms with Crippen molar-refractivity contribution < 1.29 is 18.1 Å². The van der Waals surface area contributed by atoms with Crippen molar-refractivity contribution in [3.05, 3.63) is 28.1 Å². The van der Waals surface area contributed by atoms with Crippen molar-refractivity contribution in [3.8, 4) is 0 Å². The smallest absolute Gasteiger partial charge is 0.375 e. The number of rotatable bonds is 3. The monoisotopic (exact) mass is 290 g/mol. The van der Waals surface area contributed by atoms with Crippen molar-refractivity contribution in [2.24, 2.45) is 5.73 Å². The maximum absolute atomic E-state index is 12.6. The lowest BCUT2D eigenvalue weighted by Crippen LogP contribution is -2.35. The van der Waals surface area contributed by atoms with Crippen LogP contribution in [-0.4, -0.2) is 22.0 Å². The van der Waals surface area contributed by atoms with E-state index in [4.69, 9.17) is 5.73 Å². The van der Waals surface area contributed by atoms with Crippen molar-refractivity contribution in [1.29, 1.82) is 0 Å². The average Bonchev–Trinajstić information content (AvgIpc) is 2.73. The Hall–Kier alpha value is -1.90. The van der Waals surface area contributed by atoms with E-state index in [0.717, 1.165) is 12.8 Å². The number of hydrogen-bond donors (Lipinski definition) is 2. The van der Waals surface area contributed by atoms with Gasteiger partial charge in [-0.3, -0.25) is 10.1 Å². The van der Waals surface area contributed by atoms with E-state index in [0.29, 0.717) is 18.7 Å². The highest BCUT2D eigenvalue weighted by atomic mass is 19.4. The minimum Gasteiger partial charge on any atom is -0.375 e. The molecule has 0 saturated heterocycles. The summed E-state index contributed by atoms with van der Waals surface area (Å²) in [5, 5.41) is 13.6. The zero-order valence-electron chi connectivity index (χ0n) is 10.4. The van der Waals surface area contributed by atoms with E-state index >= 15 is 0 Å². The Bertz CT molecular complexity index is 521. The summed E-state index contributed by atoms with van der Waals surface area (Å²) in [4.78, 5) is 13.2. The van der Waals surface area contributed by atoms with Gasteiger partial charge in [0.1, 0.15) is 17.6 Å². The quantitative estimate of drug-likeness (QED) is 0.658. The first-order valence-electron chi connectivity index (χ1n) is 6.03. The molecule has 0 aromatic carbocycles. The van der Waals surface area contributed by atoms with Gasteiger partial charge >= 0.3 is 11.9 Å². The summed E-state index contributed by atoms with van der Waals surface area (Å²) in [6.45, 7) is 0. The van der Waals surface area contributed by atoms with Gasteiger partial charge in [-0.2, -0.15) is 13.2 Å². The Kier molecular flexibility index (Phi) is 3.80. The van der Waals surface area contributed by atoms with E-state index in [1.165, 1.54) is 0 Å². The topological polar surface area (TPSA) is 94.1 Å². The molecule has 2 unspecified atom stereocenters. The van der Waals surface area contributed by atoms with Crippen LogP contribution in [0, 0.1) is 10.1 Å². The van der Waals surface area contributed by atoms with E-state index in [1.54, 1.807) is 0 Å². The Labute approximate surface area is 112 Å². The molecular formula is C11H13F3N4O2. The minimum atomic E-state index is -4.65. The molecule has 0 spiro atoms. The fourth-order valence-electron chi connectivity index (χ4n) is 2.23. The molecule has 0 bridgehead atoms. The number of halogens is 3. The summed E-state index contributed by atoms with van der Waals surface area (Å²) in [5.41, 5.74) is 3.95. The van der Waals surface area contributed by atoms with Gasteiger partial charge in [0, 0.05) is 12.1 Å². The molecule has 1 aliphatic carbocycles. The number of hydrogen-bond acceptors (Lipinski definition) is 5. The highest BCUT2D eigenvalue weighted by Gasteiger charge is 2.35. The summed E-state index contributed by atoms with van der Waals surface area (Å²) in [6, 6.07) is 0.165. The van der Waals surface area contributed by atoms with E-state index in [1.807, 2.05) is 0 Å². The van der Waals surface area contributed by atoms with Crippen LogP contribution in [0.15, 0.2) is 12.3 Å². The molecular weight excluding hydrogens is 277 g/mol. The van der Waals surface area contributed by atoms with E-state index in [-0.39, 0.29) is 17.8 Å². The highest BCUT2D eigenvalue weighted by molar-refractivity contribution is 5.61. The largest absolute Gasteiger partial charge is 0.433 e. The van der Waals surface area contributed by atoms with Crippen LogP contribution in [0.1, 0.15) is 25.0 Å². The second-order valence-corrected chi connectivity index (χ2v) is 4.69. The molecule has 3 N–H and O–H groups in total. The standard InChI is InChI=1S/C11H13F3N4O2/c12-11(13,14)10-4-8(9(5-16-10)18(19)20)17-7-3-1-2-6(7)15/h4-7H,1-3,15H2,(H,16,17). The molecule has 2 atom stereocenters. The molecule has 1 fully saturated rings. The van der Waals surface area contributed by atoms with E-state index in [2.05, 4.69) is 10.3 Å². The van der Waals surface area contributed by atoms with Crippen molar-refractivity contribution >= 4 is 11.4 Å². The second kappa shape index (κ2) is 5.23. The van der Waals surface area contributed by atoms with E-state index < -0.39 is 22.5 Å². The predicted molar refractivity (Wildman–Crippen MR) is 65.1 cm³/mol. The van der Waals surface area contributed by atoms with Gasteiger partial charge in [-0.15, -0.1) is 0 Å². The summed E-state index contributed by atoms with van der Waals surface area (Å²) in [6.07, 6.45) is -1.79. The molecule has 6 nitrogen and oxygen atoms in total. The van der Waals surface area contributed by atoms with Gasteiger partial charge in [-0.05, 0) is 25.3 Å². The molecule has 1 heterocycles. The average molecular weight is 290 g/mol. The zero-order valence-corrected chi connectivity index (χ0v) is 10.4.